The molecule has 1 heterocycles. The standard InChI is InChI=1S/C12H13N2O/c1-10(15-2)11-6-3-4-7-12(11)14-9-5-8-13-14/h3-4,6-10H,1-2H3. The Morgan fingerprint density at radius 2 is 2.20 bits per heavy atom. The number of aromatic nitrogens is 2. The lowest BCUT2D eigenvalue weighted by Crippen LogP contribution is -2.04. The molecule has 0 saturated carbocycles. The molecule has 1 atom stereocenters. The number of nitrogens with zero attached hydrogens (tertiary/aromatic N) is 2. The molecular weight excluding hydrogens is 188 g/mol. The molecule has 0 aliphatic carbocycles. The summed E-state index contributed by atoms with van der Waals surface area (Å²) in [4.78, 5) is 0. The smallest absolute Gasteiger partial charge is 0.0813 e. The molecule has 1 aromatic heterocycles. The third-order valence-corrected chi connectivity index (χ3v) is 2.43. The van der Waals surface area contributed by atoms with Crippen LogP contribution in [0, 0.1) is 6.07 Å². The van der Waals surface area contributed by atoms with Crippen molar-refractivity contribution in [1.82, 2.24) is 9.78 Å². The quantitative estimate of drug-likeness (QED) is 0.762. The van der Waals surface area contributed by atoms with Crippen LogP contribution in [0.5, 0.6) is 0 Å². The highest BCUT2D eigenvalue weighted by atomic mass is 16.5. The Morgan fingerprint density at radius 3 is 2.87 bits per heavy atom. The van der Waals surface area contributed by atoms with Gasteiger partial charge in [-0.25, -0.2) is 4.68 Å². The summed E-state index contributed by atoms with van der Waals surface area (Å²) in [6.45, 7) is 2.02. The van der Waals surface area contributed by atoms with Crippen LogP contribution in [0.2, 0.25) is 0 Å². The van der Waals surface area contributed by atoms with Crippen molar-refractivity contribution in [2.24, 2.45) is 0 Å². The fourth-order valence-corrected chi connectivity index (χ4v) is 1.53. The second-order valence-corrected chi connectivity index (χ2v) is 3.32. The van der Waals surface area contributed by atoms with Crippen LogP contribution in [-0.4, -0.2) is 16.9 Å². The molecule has 77 valence electrons. The maximum atomic E-state index is 5.32. The van der Waals surface area contributed by atoms with Gasteiger partial charge in [-0.05, 0) is 13.0 Å². The van der Waals surface area contributed by atoms with Gasteiger partial charge in [-0.1, -0.05) is 18.2 Å². The minimum atomic E-state index is 0.0606. The van der Waals surface area contributed by atoms with Gasteiger partial charge >= 0.3 is 0 Å². The number of ether oxygens (including phenoxy) is 1. The van der Waals surface area contributed by atoms with Crippen LogP contribution in [-0.2, 0) is 4.74 Å². The summed E-state index contributed by atoms with van der Waals surface area (Å²) in [5, 5.41) is 4.17. The molecule has 2 aromatic rings. The summed E-state index contributed by atoms with van der Waals surface area (Å²) in [5.74, 6) is 0. The summed E-state index contributed by atoms with van der Waals surface area (Å²) in [7, 11) is 1.71. The van der Waals surface area contributed by atoms with Gasteiger partial charge in [0.25, 0.3) is 0 Å². The highest BCUT2D eigenvalue weighted by Gasteiger charge is 2.10. The average Bonchev–Trinajstić information content (AvgIpc) is 2.81. The SMILES string of the molecule is COC(C)c1ccccc1-n1c[c]cn1. The molecule has 0 saturated heterocycles. The molecule has 1 unspecified atom stereocenters. The third-order valence-electron chi connectivity index (χ3n) is 2.43. The molecule has 15 heavy (non-hydrogen) atoms. The zero-order chi connectivity index (χ0) is 10.7. The maximum Gasteiger partial charge on any atom is 0.0813 e. The Labute approximate surface area is 89.3 Å². The number of para-hydroxylation sites is 1. The van der Waals surface area contributed by atoms with Gasteiger partial charge < -0.3 is 4.74 Å². The van der Waals surface area contributed by atoms with Crippen LogP contribution >= 0.6 is 0 Å². The van der Waals surface area contributed by atoms with Crippen molar-refractivity contribution < 1.29 is 4.74 Å². The topological polar surface area (TPSA) is 27.1 Å². The highest BCUT2D eigenvalue weighted by Crippen LogP contribution is 2.22. The Morgan fingerprint density at radius 1 is 1.40 bits per heavy atom. The van der Waals surface area contributed by atoms with Gasteiger partial charge in [0.2, 0.25) is 0 Å². The van der Waals surface area contributed by atoms with Gasteiger partial charge in [-0.3, -0.25) is 0 Å². The first-order valence-electron chi connectivity index (χ1n) is 4.85. The molecular formula is C12H13N2O. The van der Waals surface area contributed by atoms with Crippen LogP contribution in [0.4, 0.5) is 0 Å². The largest absolute Gasteiger partial charge is 0.377 e. The van der Waals surface area contributed by atoms with Gasteiger partial charge in [-0.15, -0.1) is 0 Å². The van der Waals surface area contributed by atoms with E-state index in [1.807, 2.05) is 31.2 Å². The van der Waals surface area contributed by atoms with E-state index < -0.39 is 0 Å². The fraction of sp³-hybridized carbons (Fsp3) is 0.250. The van der Waals surface area contributed by atoms with E-state index in [9.17, 15) is 0 Å². The van der Waals surface area contributed by atoms with E-state index >= 15 is 0 Å². The maximum absolute atomic E-state index is 5.32. The number of rotatable bonds is 3. The Balaban J connectivity index is 2.47. The minimum absolute atomic E-state index is 0.0606. The van der Waals surface area contributed by atoms with Gasteiger partial charge in [-0.2, -0.15) is 5.10 Å². The molecule has 1 radical (unpaired) electrons. The number of methoxy groups -OCH3 is 1. The second kappa shape index (κ2) is 4.28. The number of benzene rings is 1. The van der Waals surface area contributed by atoms with Crippen molar-refractivity contribution in [2.45, 2.75) is 13.0 Å². The molecule has 0 N–H and O–H groups in total. The van der Waals surface area contributed by atoms with Crippen molar-refractivity contribution in [1.29, 1.82) is 0 Å². The van der Waals surface area contributed by atoms with Crippen LogP contribution in [0.15, 0.2) is 36.7 Å². The Bertz CT molecular complexity index is 423. The lowest BCUT2D eigenvalue weighted by molar-refractivity contribution is 0.119. The van der Waals surface area contributed by atoms with E-state index in [1.54, 1.807) is 24.2 Å². The van der Waals surface area contributed by atoms with Crippen molar-refractivity contribution in [3.63, 3.8) is 0 Å². The van der Waals surface area contributed by atoms with E-state index in [4.69, 9.17) is 4.74 Å². The highest BCUT2D eigenvalue weighted by molar-refractivity contribution is 5.41. The molecule has 0 fully saturated rings. The molecule has 0 amide bonds. The zero-order valence-electron chi connectivity index (χ0n) is 8.84. The zero-order valence-corrected chi connectivity index (χ0v) is 8.84. The van der Waals surface area contributed by atoms with Crippen LogP contribution < -0.4 is 0 Å². The minimum Gasteiger partial charge on any atom is -0.377 e. The lowest BCUT2D eigenvalue weighted by Gasteiger charge is -2.14. The molecule has 1 aromatic carbocycles. The normalized spacial score (nSPS) is 12.7. The second-order valence-electron chi connectivity index (χ2n) is 3.32. The predicted octanol–water partition coefficient (Wildman–Crippen LogP) is 2.38. The monoisotopic (exact) mass is 201 g/mol. The first-order chi connectivity index (χ1) is 7.33. The predicted molar refractivity (Wildman–Crippen MR) is 57.8 cm³/mol. The van der Waals surface area contributed by atoms with Crippen LogP contribution in [0.3, 0.4) is 0 Å². The summed E-state index contributed by atoms with van der Waals surface area (Å²) < 4.78 is 7.12. The first-order valence-corrected chi connectivity index (χ1v) is 4.85. The van der Waals surface area contributed by atoms with E-state index in [0.717, 1.165) is 11.3 Å². The summed E-state index contributed by atoms with van der Waals surface area (Å²) in [6, 6.07) is 11.0. The summed E-state index contributed by atoms with van der Waals surface area (Å²) in [5.41, 5.74) is 2.16. The molecule has 3 heteroatoms. The van der Waals surface area contributed by atoms with Crippen molar-refractivity contribution in [2.75, 3.05) is 7.11 Å². The Kier molecular flexibility index (Phi) is 2.83. The average molecular weight is 201 g/mol. The molecule has 0 aliphatic heterocycles. The van der Waals surface area contributed by atoms with E-state index in [1.165, 1.54) is 0 Å². The van der Waals surface area contributed by atoms with Gasteiger partial charge in [0.15, 0.2) is 0 Å². The number of hydrogen-bond acceptors (Lipinski definition) is 2. The van der Waals surface area contributed by atoms with Crippen LogP contribution in [0.1, 0.15) is 18.6 Å². The summed E-state index contributed by atoms with van der Waals surface area (Å²) in [6.07, 6.45) is 3.51. The van der Waals surface area contributed by atoms with Gasteiger partial charge in [0.1, 0.15) is 0 Å². The molecule has 2 rings (SSSR count). The van der Waals surface area contributed by atoms with E-state index in [0.29, 0.717) is 0 Å². The molecule has 3 nitrogen and oxygen atoms in total. The Hall–Kier alpha value is -1.61. The van der Waals surface area contributed by atoms with Crippen molar-refractivity contribution in [3.05, 3.63) is 48.3 Å². The van der Waals surface area contributed by atoms with Crippen molar-refractivity contribution in [3.8, 4) is 5.69 Å². The van der Waals surface area contributed by atoms with Gasteiger partial charge in [0, 0.05) is 24.9 Å². The fourth-order valence-electron chi connectivity index (χ4n) is 1.53. The van der Waals surface area contributed by atoms with Gasteiger partial charge in [0.05, 0.1) is 18.0 Å². The number of hydrogen-bond donors (Lipinski definition) is 0. The van der Waals surface area contributed by atoms with E-state index in [2.05, 4.69) is 11.2 Å². The van der Waals surface area contributed by atoms with E-state index in [-0.39, 0.29) is 6.10 Å². The summed E-state index contributed by atoms with van der Waals surface area (Å²) >= 11 is 0. The van der Waals surface area contributed by atoms with Crippen molar-refractivity contribution >= 4 is 0 Å². The molecule has 0 aliphatic rings. The molecule has 0 spiro atoms. The lowest BCUT2D eigenvalue weighted by atomic mass is 10.1. The van der Waals surface area contributed by atoms with Crippen LogP contribution in [0.25, 0.3) is 5.69 Å². The third kappa shape index (κ3) is 1.92. The molecule has 0 bridgehead atoms. The first kappa shape index (κ1) is 9.93.